The van der Waals surface area contributed by atoms with Gasteiger partial charge in [-0.25, -0.2) is 0 Å². The molecule has 1 aliphatic carbocycles. The predicted molar refractivity (Wildman–Crippen MR) is 77.0 cm³/mol. The monoisotopic (exact) mass is 267 g/mol. The Morgan fingerprint density at radius 1 is 1.16 bits per heavy atom. The number of rotatable bonds is 5. The standard InChI is InChI=1S/C16H29NO2/c1-2-19-16(18)15-9-6-11-17(13-15)12-10-14-7-4-3-5-8-14/h14-15H,2-13H2,1H3/t15-/m0/s1. The Balaban J connectivity index is 1.69. The largest absolute Gasteiger partial charge is 0.466 e. The SMILES string of the molecule is CCOC(=O)[C@H]1CCCN(CCC2CCCCC2)C1. The van der Waals surface area contributed by atoms with Crippen LogP contribution in [0.4, 0.5) is 0 Å². The van der Waals surface area contributed by atoms with Crippen molar-refractivity contribution in [1.29, 1.82) is 0 Å². The number of carbonyl (C=O) groups excluding carboxylic acids is 1. The molecule has 2 aliphatic rings. The van der Waals surface area contributed by atoms with E-state index in [-0.39, 0.29) is 11.9 Å². The molecule has 1 saturated heterocycles. The summed E-state index contributed by atoms with van der Waals surface area (Å²) in [6.45, 7) is 5.67. The summed E-state index contributed by atoms with van der Waals surface area (Å²) < 4.78 is 5.16. The quantitative estimate of drug-likeness (QED) is 0.716. The van der Waals surface area contributed by atoms with Crippen LogP contribution in [0.1, 0.15) is 58.3 Å². The van der Waals surface area contributed by atoms with Gasteiger partial charge >= 0.3 is 5.97 Å². The number of piperidine rings is 1. The lowest BCUT2D eigenvalue weighted by atomic mass is 9.86. The Labute approximate surface area is 117 Å². The normalized spacial score (nSPS) is 26.3. The van der Waals surface area contributed by atoms with Gasteiger partial charge in [0.2, 0.25) is 0 Å². The van der Waals surface area contributed by atoms with Gasteiger partial charge in [-0.05, 0) is 45.2 Å². The molecule has 0 aromatic rings. The molecule has 19 heavy (non-hydrogen) atoms. The van der Waals surface area contributed by atoms with Crippen molar-refractivity contribution in [3.05, 3.63) is 0 Å². The maximum Gasteiger partial charge on any atom is 0.310 e. The molecule has 2 fully saturated rings. The van der Waals surface area contributed by atoms with Crippen molar-refractivity contribution in [2.45, 2.75) is 58.3 Å². The van der Waals surface area contributed by atoms with Crippen LogP contribution in [0, 0.1) is 11.8 Å². The number of likely N-dealkylation sites (tertiary alicyclic amines) is 1. The molecule has 110 valence electrons. The zero-order valence-electron chi connectivity index (χ0n) is 12.4. The molecule has 0 radical (unpaired) electrons. The Bertz CT molecular complexity index is 274. The Kier molecular flexibility index (Phi) is 6.15. The number of hydrogen-bond acceptors (Lipinski definition) is 3. The van der Waals surface area contributed by atoms with Crippen molar-refractivity contribution >= 4 is 5.97 Å². The van der Waals surface area contributed by atoms with Gasteiger partial charge in [-0.1, -0.05) is 32.1 Å². The van der Waals surface area contributed by atoms with Gasteiger partial charge in [-0.2, -0.15) is 0 Å². The second-order valence-electron chi connectivity index (χ2n) is 6.18. The molecular formula is C16H29NO2. The summed E-state index contributed by atoms with van der Waals surface area (Å²) in [5.74, 6) is 1.08. The maximum atomic E-state index is 11.8. The van der Waals surface area contributed by atoms with Gasteiger partial charge in [0, 0.05) is 6.54 Å². The van der Waals surface area contributed by atoms with E-state index in [9.17, 15) is 4.79 Å². The average molecular weight is 267 g/mol. The average Bonchev–Trinajstić information content (AvgIpc) is 2.47. The molecule has 1 heterocycles. The van der Waals surface area contributed by atoms with Crippen LogP contribution in [-0.2, 0) is 9.53 Å². The zero-order valence-corrected chi connectivity index (χ0v) is 12.4. The molecule has 0 amide bonds. The first-order valence-corrected chi connectivity index (χ1v) is 8.18. The molecule has 1 atom stereocenters. The molecule has 2 rings (SSSR count). The van der Waals surface area contributed by atoms with Crippen molar-refractivity contribution in [2.24, 2.45) is 11.8 Å². The molecule has 0 bridgehead atoms. The third-order valence-corrected chi connectivity index (χ3v) is 4.70. The molecule has 3 nitrogen and oxygen atoms in total. The summed E-state index contributed by atoms with van der Waals surface area (Å²) in [7, 11) is 0. The fourth-order valence-electron chi connectivity index (χ4n) is 3.55. The van der Waals surface area contributed by atoms with E-state index in [0.717, 1.165) is 25.3 Å². The minimum absolute atomic E-state index is 0.0184. The van der Waals surface area contributed by atoms with Crippen LogP contribution in [-0.4, -0.2) is 37.1 Å². The van der Waals surface area contributed by atoms with Crippen LogP contribution in [0.25, 0.3) is 0 Å². The van der Waals surface area contributed by atoms with Gasteiger partial charge in [0.25, 0.3) is 0 Å². The van der Waals surface area contributed by atoms with E-state index in [2.05, 4.69) is 4.90 Å². The van der Waals surface area contributed by atoms with Crippen LogP contribution < -0.4 is 0 Å². The Morgan fingerprint density at radius 2 is 1.95 bits per heavy atom. The van der Waals surface area contributed by atoms with Crippen LogP contribution in [0.15, 0.2) is 0 Å². The van der Waals surface area contributed by atoms with Gasteiger partial charge in [0.15, 0.2) is 0 Å². The fraction of sp³-hybridized carbons (Fsp3) is 0.938. The van der Waals surface area contributed by atoms with Crippen LogP contribution in [0.3, 0.4) is 0 Å². The van der Waals surface area contributed by atoms with Crippen molar-refractivity contribution in [1.82, 2.24) is 4.90 Å². The third kappa shape index (κ3) is 4.79. The highest BCUT2D eigenvalue weighted by molar-refractivity contribution is 5.72. The van der Waals surface area contributed by atoms with Crippen molar-refractivity contribution in [3.63, 3.8) is 0 Å². The highest BCUT2D eigenvalue weighted by Crippen LogP contribution is 2.27. The highest BCUT2D eigenvalue weighted by Gasteiger charge is 2.27. The molecule has 0 aromatic carbocycles. The van der Waals surface area contributed by atoms with E-state index in [1.165, 1.54) is 51.6 Å². The number of carbonyl (C=O) groups is 1. The van der Waals surface area contributed by atoms with Gasteiger partial charge in [0.1, 0.15) is 0 Å². The van der Waals surface area contributed by atoms with Crippen molar-refractivity contribution in [3.8, 4) is 0 Å². The number of ether oxygens (including phenoxy) is 1. The summed E-state index contributed by atoms with van der Waals surface area (Å²) >= 11 is 0. The summed E-state index contributed by atoms with van der Waals surface area (Å²) in [4.78, 5) is 14.3. The minimum atomic E-state index is 0.0184. The van der Waals surface area contributed by atoms with E-state index >= 15 is 0 Å². The van der Waals surface area contributed by atoms with E-state index in [1.54, 1.807) is 0 Å². The first kappa shape index (κ1) is 14.8. The molecule has 0 aromatic heterocycles. The van der Waals surface area contributed by atoms with E-state index in [1.807, 2.05) is 6.92 Å². The summed E-state index contributed by atoms with van der Waals surface area (Å²) in [5, 5.41) is 0. The van der Waals surface area contributed by atoms with Crippen LogP contribution >= 0.6 is 0 Å². The van der Waals surface area contributed by atoms with E-state index in [0.29, 0.717) is 6.61 Å². The lowest BCUT2D eigenvalue weighted by molar-refractivity contribution is -0.149. The molecule has 1 aliphatic heterocycles. The van der Waals surface area contributed by atoms with Crippen LogP contribution in [0.2, 0.25) is 0 Å². The third-order valence-electron chi connectivity index (χ3n) is 4.70. The van der Waals surface area contributed by atoms with Crippen molar-refractivity contribution < 1.29 is 9.53 Å². The molecule has 0 N–H and O–H groups in total. The summed E-state index contributed by atoms with van der Waals surface area (Å²) in [5.41, 5.74) is 0. The van der Waals surface area contributed by atoms with E-state index in [4.69, 9.17) is 4.74 Å². The molecule has 0 spiro atoms. The molecular weight excluding hydrogens is 238 g/mol. The lowest BCUT2D eigenvalue weighted by Gasteiger charge is -2.33. The summed E-state index contributed by atoms with van der Waals surface area (Å²) in [6, 6.07) is 0. The molecule has 3 heteroatoms. The maximum absolute atomic E-state index is 11.8. The topological polar surface area (TPSA) is 29.5 Å². The summed E-state index contributed by atoms with van der Waals surface area (Å²) in [6.07, 6.45) is 10.6. The smallest absolute Gasteiger partial charge is 0.310 e. The molecule has 0 unspecified atom stereocenters. The second kappa shape index (κ2) is 7.88. The zero-order chi connectivity index (χ0) is 13.5. The van der Waals surface area contributed by atoms with Gasteiger partial charge < -0.3 is 9.64 Å². The lowest BCUT2D eigenvalue weighted by Crippen LogP contribution is -2.40. The van der Waals surface area contributed by atoms with Gasteiger partial charge in [-0.3, -0.25) is 4.79 Å². The predicted octanol–water partition coefficient (Wildman–Crippen LogP) is 3.23. The first-order valence-electron chi connectivity index (χ1n) is 8.18. The first-order chi connectivity index (χ1) is 9.29. The van der Waals surface area contributed by atoms with Crippen LogP contribution in [0.5, 0.6) is 0 Å². The number of esters is 1. The molecule has 1 saturated carbocycles. The van der Waals surface area contributed by atoms with Gasteiger partial charge in [-0.15, -0.1) is 0 Å². The minimum Gasteiger partial charge on any atom is -0.466 e. The number of nitrogens with zero attached hydrogens (tertiary/aromatic N) is 1. The Morgan fingerprint density at radius 3 is 2.68 bits per heavy atom. The fourth-order valence-corrected chi connectivity index (χ4v) is 3.55. The van der Waals surface area contributed by atoms with Gasteiger partial charge in [0.05, 0.1) is 12.5 Å². The second-order valence-corrected chi connectivity index (χ2v) is 6.18. The number of hydrogen-bond donors (Lipinski definition) is 0. The Hall–Kier alpha value is -0.570. The highest BCUT2D eigenvalue weighted by atomic mass is 16.5. The van der Waals surface area contributed by atoms with E-state index < -0.39 is 0 Å². The van der Waals surface area contributed by atoms with Crippen molar-refractivity contribution in [2.75, 3.05) is 26.2 Å².